The summed E-state index contributed by atoms with van der Waals surface area (Å²) in [4.78, 5) is 72.7. The van der Waals surface area contributed by atoms with Crippen LogP contribution in [0.5, 0.6) is 0 Å². The number of pyridine rings is 1. The number of imide groups is 1. The molecule has 2 fully saturated rings. The van der Waals surface area contributed by atoms with E-state index in [0.717, 1.165) is 81.7 Å². The molecule has 12 heteroatoms. The minimum atomic E-state index is -0.624. The first-order valence-corrected chi connectivity index (χ1v) is 22.4. The number of nitrogens with one attached hydrogen (secondary N) is 1. The smallest absolute Gasteiger partial charge is 0.255 e. The lowest BCUT2D eigenvalue weighted by atomic mass is 10.0. The number of rotatable bonds is 7. The summed E-state index contributed by atoms with van der Waals surface area (Å²) < 4.78 is 0. The molecule has 66 heavy (non-hydrogen) atoms. The van der Waals surface area contributed by atoms with Gasteiger partial charge in [-0.15, -0.1) is 0 Å². The van der Waals surface area contributed by atoms with E-state index in [1.165, 1.54) is 0 Å². The molecule has 4 aromatic carbocycles. The molecular weight excluding hydrogens is 825 g/mol. The van der Waals surface area contributed by atoms with Gasteiger partial charge in [0, 0.05) is 91.3 Å². The molecule has 0 spiro atoms. The summed E-state index contributed by atoms with van der Waals surface area (Å²) in [5.74, 6) is 12.9. The quantitative estimate of drug-likeness (QED) is 0.119. The average Bonchev–Trinajstić information content (AvgIpc) is 3.68. The van der Waals surface area contributed by atoms with Crippen molar-refractivity contribution in [2.75, 3.05) is 45.8 Å². The van der Waals surface area contributed by atoms with E-state index < -0.39 is 11.9 Å². The van der Waals surface area contributed by atoms with E-state index >= 15 is 0 Å². The van der Waals surface area contributed by atoms with E-state index in [-0.39, 0.29) is 24.1 Å². The Hall–Kier alpha value is -7.77. The van der Waals surface area contributed by atoms with Crippen LogP contribution in [0.25, 0.3) is 34.4 Å². The monoisotopic (exact) mass is 870 g/mol. The molecule has 6 heterocycles. The fourth-order valence-electron chi connectivity index (χ4n) is 8.86. The summed E-state index contributed by atoms with van der Waals surface area (Å²) in [6.45, 7) is 6.41. The summed E-state index contributed by atoms with van der Waals surface area (Å²) in [6.07, 6.45) is 9.09. The second kappa shape index (κ2) is 18.8. The number of hydrogen-bond acceptors (Lipinski definition) is 9. The predicted molar refractivity (Wildman–Crippen MR) is 252 cm³/mol. The summed E-state index contributed by atoms with van der Waals surface area (Å²) >= 11 is 0. The summed E-state index contributed by atoms with van der Waals surface area (Å²) in [7, 11) is 0. The third-order valence-corrected chi connectivity index (χ3v) is 12.7. The van der Waals surface area contributed by atoms with Crippen LogP contribution < -0.4 is 5.32 Å². The van der Waals surface area contributed by atoms with Crippen LogP contribution in [-0.4, -0.2) is 110 Å². The Labute approximate surface area is 383 Å². The van der Waals surface area contributed by atoms with Crippen LogP contribution in [-0.2, 0) is 29.1 Å². The summed E-state index contributed by atoms with van der Waals surface area (Å²) in [5.41, 5.74) is 9.70. The number of aromatic nitrogens is 3. The van der Waals surface area contributed by atoms with E-state index in [1.54, 1.807) is 17.2 Å². The molecule has 12 nitrogen and oxygen atoms in total. The third kappa shape index (κ3) is 9.38. The van der Waals surface area contributed by atoms with Gasteiger partial charge in [-0.05, 0) is 89.7 Å². The van der Waals surface area contributed by atoms with E-state index in [9.17, 15) is 19.2 Å². The maximum absolute atomic E-state index is 13.6. The van der Waals surface area contributed by atoms with Gasteiger partial charge in [-0.25, -0.2) is 9.97 Å². The number of amides is 4. The maximum Gasteiger partial charge on any atom is 0.255 e. The Balaban J connectivity index is 0.661. The lowest BCUT2D eigenvalue weighted by Crippen LogP contribution is -2.52. The highest BCUT2D eigenvalue weighted by Crippen LogP contribution is 2.29. The van der Waals surface area contributed by atoms with Crippen LogP contribution in [0, 0.1) is 23.7 Å². The zero-order valence-corrected chi connectivity index (χ0v) is 36.4. The molecule has 4 aliphatic rings. The van der Waals surface area contributed by atoms with E-state index in [1.807, 2.05) is 90.0 Å². The molecule has 4 amide bonds. The molecule has 0 radical (unpaired) electrons. The van der Waals surface area contributed by atoms with Crippen molar-refractivity contribution in [1.82, 2.24) is 39.9 Å². The molecule has 6 aromatic rings. The first-order valence-electron chi connectivity index (χ1n) is 22.4. The second-order valence-corrected chi connectivity index (χ2v) is 17.1. The highest BCUT2D eigenvalue weighted by Gasteiger charge is 2.39. The van der Waals surface area contributed by atoms with Gasteiger partial charge in [0.25, 0.3) is 11.8 Å². The first-order chi connectivity index (χ1) is 32.3. The van der Waals surface area contributed by atoms with Crippen molar-refractivity contribution in [2.24, 2.45) is 0 Å². The van der Waals surface area contributed by atoms with E-state index in [0.29, 0.717) is 62.5 Å². The van der Waals surface area contributed by atoms with Crippen LogP contribution in [0.15, 0.2) is 109 Å². The van der Waals surface area contributed by atoms with Crippen LogP contribution in [0.4, 0.5) is 0 Å². The zero-order chi connectivity index (χ0) is 45.0. The van der Waals surface area contributed by atoms with Gasteiger partial charge in [0.05, 0.1) is 30.8 Å². The molecule has 2 aromatic heterocycles. The van der Waals surface area contributed by atoms with Gasteiger partial charge in [-0.3, -0.25) is 39.3 Å². The number of fused-ring (bicyclic) bond motifs is 3. The number of benzene rings is 4. The normalized spacial score (nSPS) is 17.5. The Bertz CT molecular complexity index is 3040. The number of piperidine rings is 1. The van der Waals surface area contributed by atoms with Gasteiger partial charge in [-0.1, -0.05) is 78.3 Å². The molecule has 1 N–H and O–H groups in total. The fraction of sp³-hybridized carbons (Fsp3) is 0.241. The van der Waals surface area contributed by atoms with Gasteiger partial charge < -0.3 is 9.80 Å². The predicted octanol–water partition coefficient (Wildman–Crippen LogP) is 5.84. The SMILES string of the molecule is O=C1CC[C@@H](N2Cc3cc(C#CCN4CCN(CC#Cc5ccc(/C=C/c6ccc(C(=O)N7CCc8cnc(-c9cnc%10ccccc%10c9)nc8C7)cc6)cc5)CC4)ccc3C2=O)C(=O)N1. The van der Waals surface area contributed by atoms with Gasteiger partial charge in [-0.2, -0.15) is 0 Å². The molecule has 0 saturated carbocycles. The largest absolute Gasteiger partial charge is 0.332 e. The number of piperazine rings is 1. The van der Waals surface area contributed by atoms with Crippen molar-refractivity contribution < 1.29 is 19.2 Å². The minimum absolute atomic E-state index is 0.0119. The maximum atomic E-state index is 13.6. The van der Waals surface area contributed by atoms with Gasteiger partial charge >= 0.3 is 0 Å². The van der Waals surface area contributed by atoms with Crippen LogP contribution in [0.3, 0.4) is 0 Å². The van der Waals surface area contributed by atoms with Crippen molar-refractivity contribution in [3.8, 4) is 35.1 Å². The molecule has 326 valence electrons. The lowest BCUT2D eigenvalue weighted by Gasteiger charge is -2.32. The highest BCUT2D eigenvalue weighted by molar-refractivity contribution is 6.05. The zero-order valence-electron chi connectivity index (χ0n) is 36.4. The highest BCUT2D eigenvalue weighted by atomic mass is 16.2. The number of carbonyl (C=O) groups is 4. The fourth-order valence-corrected chi connectivity index (χ4v) is 8.86. The number of nitrogens with zero attached hydrogens (tertiary/aromatic N) is 7. The minimum Gasteiger partial charge on any atom is -0.332 e. The number of para-hydroxylation sites is 1. The van der Waals surface area contributed by atoms with E-state index in [2.05, 4.69) is 73.0 Å². The van der Waals surface area contributed by atoms with Crippen molar-refractivity contribution in [3.63, 3.8) is 0 Å². The molecule has 4 aliphatic heterocycles. The molecule has 0 bridgehead atoms. The number of carbonyl (C=O) groups excluding carboxylic acids is 4. The molecule has 0 aliphatic carbocycles. The Morgan fingerprint density at radius 3 is 2.15 bits per heavy atom. The van der Waals surface area contributed by atoms with Gasteiger partial charge in [0.2, 0.25) is 11.8 Å². The topological polar surface area (TPSA) is 132 Å². The van der Waals surface area contributed by atoms with Crippen molar-refractivity contribution in [1.29, 1.82) is 0 Å². The first kappa shape index (κ1) is 42.2. The third-order valence-electron chi connectivity index (χ3n) is 12.7. The van der Waals surface area contributed by atoms with Gasteiger partial charge in [0.1, 0.15) is 6.04 Å². The molecule has 10 rings (SSSR count). The molecule has 0 unspecified atom stereocenters. The molecule has 2 saturated heterocycles. The summed E-state index contributed by atoms with van der Waals surface area (Å²) in [5, 5.41) is 3.38. The molecular formula is C54H46N8O4. The van der Waals surface area contributed by atoms with Crippen LogP contribution >= 0.6 is 0 Å². The Morgan fingerprint density at radius 1 is 0.712 bits per heavy atom. The second-order valence-electron chi connectivity index (χ2n) is 17.1. The average molecular weight is 871 g/mol. The van der Waals surface area contributed by atoms with Crippen molar-refractivity contribution in [3.05, 3.63) is 160 Å². The van der Waals surface area contributed by atoms with E-state index in [4.69, 9.17) is 4.98 Å². The number of hydrogen-bond donors (Lipinski definition) is 1. The lowest BCUT2D eigenvalue weighted by molar-refractivity contribution is -0.136. The standard InChI is InChI=1S/C54H46N8O4/c63-50-22-21-49(52(64)58-50)62-35-45-31-40(17-20-46(45)54(62)66)6-4-25-60-29-27-59(28-30-60)24-3-5-37-9-11-38(12-10-37)13-14-39-15-18-41(19-16-39)53(65)61-26-23-43-33-56-51(57-48(43)36-61)44-32-42-7-1-2-8-47(42)55-34-44/h1-2,7-20,31-34,49H,21-30,35-36H2,(H,58,63,64)/b14-13+/t49-/m1/s1. The van der Waals surface area contributed by atoms with Crippen LogP contribution in [0.2, 0.25) is 0 Å². The van der Waals surface area contributed by atoms with Crippen molar-refractivity contribution in [2.45, 2.75) is 38.4 Å². The van der Waals surface area contributed by atoms with Crippen LogP contribution in [0.1, 0.15) is 72.6 Å². The Morgan fingerprint density at radius 2 is 1.41 bits per heavy atom. The molecule has 1 atom stereocenters. The Kier molecular flexibility index (Phi) is 12.0. The summed E-state index contributed by atoms with van der Waals surface area (Å²) in [6, 6.07) is 30.9. The van der Waals surface area contributed by atoms with Gasteiger partial charge in [0.15, 0.2) is 5.82 Å². The van der Waals surface area contributed by atoms with Crippen molar-refractivity contribution >= 4 is 46.7 Å².